The number of nitrogens with one attached hydrogen (secondary N) is 1. The van der Waals surface area contributed by atoms with Crippen LogP contribution in [0.25, 0.3) is 5.65 Å². The first-order valence-electron chi connectivity index (χ1n) is 13.0. The number of amides is 1. The molecule has 0 radical (unpaired) electrons. The van der Waals surface area contributed by atoms with E-state index in [2.05, 4.69) is 27.9 Å². The Kier molecular flexibility index (Phi) is 7.72. The van der Waals surface area contributed by atoms with Crippen molar-refractivity contribution in [1.29, 1.82) is 5.26 Å². The van der Waals surface area contributed by atoms with Gasteiger partial charge in [-0.05, 0) is 55.4 Å². The molecule has 1 amide bonds. The smallest absolute Gasteiger partial charge is 0.306 e. The summed E-state index contributed by atoms with van der Waals surface area (Å²) in [5.41, 5.74) is 3.83. The number of fused-ring (bicyclic) bond motifs is 1. The highest BCUT2D eigenvalue weighted by Gasteiger charge is 2.25. The zero-order chi connectivity index (χ0) is 28.2. The molecular formula is C28H28FN7O4. The van der Waals surface area contributed by atoms with Gasteiger partial charge < -0.3 is 19.2 Å². The molecule has 11 nitrogen and oxygen atoms in total. The van der Waals surface area contributed by atoms with E-state index in [1.807, 2.05) is 16.7 Å². The Balaban J connectivity index is 1.29. The Labute approximate surface area is 229 Å². The first-order valence-corrected chi connectivity index (χ1v) is 13.0. The fourth-order valence-electron chi connectivity index (χ4n) is 4.55. The average Bonchev–Trinajstić information content (AvgIpc) is 3.56. The molecule has 1 N–H and O–H groups in total. The number of aromatic nitrogens is 5. The number of imidazole rings is 1. The van der Waals surface area contributed by atoms with Crippen molar-refractivity contribution in [2.45, 2.75) is 51.6 Å². The number of benzene rings is 1. The van der Waals surface area contributed by atoms with Gasteiger partial charge in [-0.25, -0.2) is 14.1 Å². The van der Waals surface area contributed by atoms with Gasteiger partial charge in [-0.1, -0.05) is 11.3 Å². The highest BCUT2D eigenvalue weighted by atomic mass is 19.1. The van der Waals surface area contributed by atoms with Crippen LogP contribution in [0, 0.1) is 17.1 Å². The van der Waals surface area contributed by atoms with Gasteiger partial charge in [0, 0.05) is 30.9 Å². The van der Waals surface area contributed by atoms with E-state index in [9.17, 15) is 19.2 Å². The molecule has 12 heteroatoms. The topological polar surface area (TPSA) is 136 Å². The van der Waals surface area contributed by atoms with E-state index in [0.29, 0.717) is 24.6 Å². The zero-order valence-corrected chi connectivity index (χ0v) is 22.2. The molecule has 1 aliphatic carbocycles. The van der Waals surface area contributed by atoms with Crippen molar-refractivity contribution in [3.8, 4) is 11.8 Å². The van der Waals surface area contributed by atoms with Crippen LogP contribution >= 0.6 is 0 Å². The monoisotopic (exact) mass is 545 g/mol. The van der Waals surface area contributed by atoms with Crippen LogP contribution in [-0.2, 0) is 29.0 Å². The van der Waals surface area contributed by atoms with Gasteiger partial charge in [-0.2, -0.15) is 5.26 Å². The van der Waals surface area contributed by atoms with Gasteiger partial charge in [-0.3, -0.25) is 9.59 Å². The summed E-state index contributed by atoms with van der Waals surface area (Å²) in [5, 5.41) is 19.9. The summed E-state index contributed by atoms with van der Waals surface area (Å²) in [6, 6.07) is 6.84. The number of esters is 1. The van der Waals surface area contributed by atoms with Crippen molar-refractivity contribution < 1.29 is 23.5 Å². The number of rotatable bonds is 11. The number of hydrogen-bond acceptors (Lipinski definition) is 8. The van der Waals surface area contributed by atoms with Gasteiger partial charge in [0.05, 0.1) is 43.8 Å². The molecular weight excluding hydrogens is 517 g/mol. The Bertz CT molecular complexity index is 1620. The largest absolute Gasteiger partial charge is 0.494 e. The number of pyridine rings is 1. The molecule has 5 rings (SSSR count). The Hall–Kier alpha value is -4.79. The number of ether oxygens (including phenoxy) is 2. The van der Waals surface area contributed by atoms with E-state index >= 15 is 0 Å². The van der Waals surface area contributed by atoms with Gasteiger partial charge in [-0.15, -0.1) is 5.10 Å². The molecule has 3 heterocycles. The molecule has 0 bridgehead atoms. The fourth-order valence-corrected chi connectivity index (χ4v) is 4.55. The van der Waals surface area contributed by atoms with Crippen molar-refractivity contribution in [2.75, 3.05) is 13.7 Å². The van der Waals surface area contributed by atoms with Crippen LogP contribution in [0.3, 0.4) is 0 Å². The lowest BCUT2D eigenvalue weighted by molar-refractivity contribution is -0.143. The van der Waals surface area contributed by atoms with Crippen molar-refractivity contribution in [2.24, 2.45) is 0 Å². The van der Waals surface area contributed by atoms with Crippen molar-refractivity contribution >= 4 is 17.5 Å². The summed E-state index contributed by atoms with van der Waals surface area (Å²) in [6.45, 7) is 2.18. The van der Waals surface area contributed by atoms with E-state index in [4.69, 9.17) is 14.5 Å². The molecule has 1 fully saturated rings. The molecule has 0 saturated heterocycles. The molecule has 1 aromatic carbocycles. The highest BCUT2D eigenvalue weighted by Crippen LogP contribution is 2.40. The molecule has 40 heavy (non-hydrogen) atoms. The highest BCUT2D eigenvalue weighted by molar-refractivity contribution is 5.91. The SMILES string of the molecule is CCOC(=O)CCc1cc(C2CC2)cn2cc(Cn3cc(C(=O)NCc4c(C#N)ccc(OC)c4F)nn3)nc12. The second-order valence-corrected chi connectivity index (χ2v) is 9.54. The van der Waals surface area contributed by atoms with Crippen molar-refractivity contribution in [3.63, 3.8) is 0 Å². The summed E-state index contributed by atoms with van der Waals surface area (Å²) in [5.74, 6) is -1.00. The maximum Gasteiger partial charge on any atom is 0.306 e. The van der Waals surface area contributed by atoms with Gasteiger partial charge in [0.1, 0.15) is 5.65 Å². The molecule has 1 saturated carbocycles. The molecule has 4 aromatic rings. The lowest BCUT2D eigenvalue weighted by Gasteiger charge is -2.10. The molecule has 3 aromatic heterocycles. The summed E-state index contributed by atoms with van der Waals surface area (Å²) in [4.78, 5) is 29.4. The third-order valence-electron chi connectivity index (χ3n) is 6.72. The van der Waals surface area contributed by atoms with Crippen LogP contribution in [0.1, 0.15) is 70.5 Å². The van der Waals surface area contributed by atoms with Gasteiger partial charge in [0.15, 0.2) is 17.3 Å². The quantitative estimate of drug-likeness (QED) is 0.284. The first kappa shape index (κ1) is 26.8. The van der Waals surface area contributed by atoms with Crippen LogP contribution in [0.15, 0.2) is 36.8 Å². The lowest BCUT2D eigenvalue weighted by Crippen LogP contribution is -2.24. The second-order valence-electron chi connectivity index (χ2n) is 9.54. The van der Waals surface area contributed by atoms with Gasteiger partial charge in [0.25, 0.3) is 5.91 Å². The fraction of sp³-hybridized carbons (Fsp3) is 0.357. The summed E-state index contributed by atoms with van der Waals surface area (Å²) in [6.07, 6.45) is 8.55. The second kappa shape index (κ2) is 11.5. The molecule has 0 aliphatic heterocycles. The maximum atomic E-state index is 14.6. The predicted octanol–water partition coefficient (Wildman–Crippen LogP) is 3.30. The van der Waals surface area contributed by atoms with E-state index in [0.717, 1.165) is 24.1 Å². The minimum Gasteiger partial charge on any atom is -0.494 e. The lowest BCUT2D eigenvalue weighted by atomic mass is 10.1. The Morgan fingerprint density at radius 3 is 2.80 bits per heavy atom. The van der Waals surface area contributed by atoms with Gasteiger partial charge >= 0.3 is 5.97 Å². The number of nitrogens with zero attached hydrogens (tertiary/aromatic N) is 6. The molecule has 1 aliphatic rings. The average molecular weight is 546 g/mol. The third-order valence-corrected chi connectivity index (χ3v) is 6.72. The third kappa shape index (κ3) is 5.78. The summed E-state index contributed by atoms with van der Waals surface area (Å²) < 4.78 is 28.2. The standard InChI is InChI=1S/C28H28FN7O4/c1-3-40-25(37)9-7-18-10-20(17-4-5-17)13-35-14-21(32-27(18)35)15-36-16-23(33-34-36)28(38)31-12-22-19(11-30)6-8-24(39-2)26(22)29/h6,8,10,13-14,16-17H,3-5,7,9,12,15H2,1-2H3,(H,31,38). The number of methoxy groups -OCH3 is 1. The molecule has 206 valence electrons. The molecule has 0 spiro atoms. The van der Waals surface area contributed by atoms with Crippen LogP contribution in [0.5, 0.6) is 5.75 Å². The van der Waals surface area contributed by atoms with Crippen LogP contribution < -0.4 is 10.1 Å². The minimum absolute atomic E-state index is 0.0186. The van der Waals surface area contributed by atoms with Gasteiger partial charge in [0.2, 0.25) is 0 Å². The minimum atomic E-state index is -0.705. The van der Waals surface area contributed by atoms with E-state index in [1.54, 1.807) is 6.92 Å². The number of nitriles is 1. The number of carbonyl (C=O) groups is 2. The Morgan fingerprint density at radius 1 is 1.25 bits per heavy atom. The number of carbonyl (C=O) groups excluding carboxylic acids is 2. The maximum absolute atomic E-state index is 14.6. The van der Waals surface area contributed by atoms with Crippen molar-refractivity contribution in [1.82, 2.24) is 29.7 Å². The first-order chi connectivity index (χ1) is 19.4. The normalized spacial score (nSPS) is 12.8. The van der Waals surface area contributed by atoms with E-state index in [-0.39, 0.29) is 48.0 Å². The number of halogens is 1. The predicted molar refractivity (Wildman–Crippen MR) is 140 cm³/mol. The summed E-state index contributed by atoms with van der Waals surface area (Å²) >= 11 is 0. The zero-order valence-electron chi connectivity index (χ0n) is 22.2. The molecule has 0 atom stereocenters. The van der Waals surface area contributed by atoms with Crippen LogP contribution in [-0.4, -0.2) is 50.0 Å². The van der Waals surface area contributed by atoms with E-state index < -0.39 is 11.7 Å². The van der Waals surface area contributed by atoms with Crippen LogP contribution in [0.4, 0.5) is 4.39 Å². The Morgan fingerprint density at radius 2 is 2.08 bits per heavy atom. The van der Waals surface area contributed by atoms with Crippen LogP contribution in [0.2, 0.25) is 0 Å². The number of hydrogen-bond donors (Lipinski definition) is 1. The number of aryl methyl sites for hydroxylation is 1. The molecule has 0 unspecified atom stereocenters. The van der Waals surface area contributed by atoms with Crippen molar-refractivity contribution in [3.05, 3.63) is 76.2 Å². The van der Waals surface area contributed by atoms with E-state index in [1.165, 1.54) is 35.7 Å². The summed E-state index contributed by atoms with van der Waals surface area (Å²) in [7, 11) is 1.32.